The van der Waals surface area contributed by atoms with Crippen molar-refractivity contribution in [3.63, 3.8) is 0 Å². The van der Waals surface area contributed by atoms with Crippen molar-refractivity contribution in [2.75, 3.05) is 0 Å². The summed E-state index contributed by atoms with van der Waals surface area (Å²) in [6.07, 6.45) is -14.5. The lowest BCUT2D eigenvalue weighted by atomic mass is 9.91. The lowest BCUT2D eigenvalue weighted by Crippen LogP contribution is -2.75. The van der Waals surface area contributed by atoms with Gasteiger partial charge in [0.2, 0.25) is 0 Å². The van der Waals surface area contributed by atoms with Crippen molar-refractivity contribution in [3.05, 3.63) is 0 Å². The zero-order valence-corrected chi connectivity index (χ0v) is 16.0. The third-order valence-electron chi connectivity index (χ3n) is 3.95. The molecule has 0 amide bonds. The summed E-state index contributed by atoms with van der Waals surface area (Å²) >= 11 is 0. The van der Waals surface area contributed by atoms with E-state index >= 15 is 0 Å². The maximum absolute atomic E-state index is 13.5. The Bertz CT molecular complexity index is 650. The molecule has 0 aromatic heterocycles. The Hall–Kier alpha value is -1.01. The van der Waals surface area contributed by atoms with Gasteiger partial charge in [0, 0.05) is 0 Å². The van der Waals surface area contributed by atoms with E-state index in [1.54, 1.807) is 0 Å². The molecule has 0 aliphatic carbocycles. The van der Waals surface area contributed by atoms with Crippen LogP contribution in [0, 0.1) is 0 Å². The zero-order chi connectivity index (χ0) is 25.9. The molecular formula is C12H11F17OSi. The lowest BCUT2D eigenvalue weighted by Gasteiger charge is -2.43. The molecule has 19 heteroatoms. The molecule has 0 aromatic rings. The minimum Gasteiger partial charge on any atom is -0.358 e. The molecule has 0 rings (SSSR count). The molecule has 0 aliphatic heterocycles. The molecule has 0 radical (unpaired) electrons. The largest absolute Gasteiger partial charge is 0.460 e. The highest BCUT2D eigenvalue weighted by Crippen LogP contribution is 2.64. The second-order valence-corrected chi connectivity index (χ2v) is 11.1. The van der Waals surface area contributed by atoms with E-state index in [0.29, 0.717) is 13.1 Å². The summed E-state index contributed by atoms with van der Waals surface area (Å²) in [5.74, 6) is -50.0. The quantitative estimate of drug-likeness (QED) is 0.230. The van der Waals surface area contributed by atoms with Gasteiger partial charge < -0.3 is 4.43 Å². The SMILES string of the molecule is CC[Si](C)(C)OC(F)(F)C(F)(F)C(F)(F)C(F)(F)C(F)(F)C(F)(F)C(F)(F)C(F)(F)F. The molecule has 0 atom stereocenters. The smallest absolute Gasteiger partial charge is 0.358 e. The van der Waals surface area contributed by atoms with Crippen LogP contribution < -0.4 is 0 Å². The molecular weight excluding hydrogens is 511 g/mol. The average molecular weight is 522 g/mol. The first kappa shape index (κ1) is 30.0. The van der Waals surface area contributed by atoms with Gasteiger partial charge in [0.25, 0.3) is 0 Å². The van der Waals surface area contributed by atoms with Gasteiger partial charge in [0.1, 0.15) is 0 Å². The number of alkyl halides is 17. The van der Waals surface area contributed by atoms with Gasteiger partial charge in [-0.05, 0) is 19.1 Å². The number of hydrogen-bond acceptors (Lipinski definition) is 1. The molecule has 0 unspecified atom stereocenters. The minimum atomic E-state index is -8.63. The second-order valence-electron chi connectivity index (χ2n) is 6.68. The molecule has 188 valence electrons. The van der Waals surface area contributed by atoms with Crippen LogP contribution in [0.25, 0.3) is 0 Å². The Labute approximate surface area is 162 Å². The predicted octanol–water partition coefficient (Wildman–Crippen LogP) is 7.19. The fraction of sp³-hybridized carbons (Fsp3) is 1.00. The van der Waals surface area contributed by atoms with Gasteiger partial charge in [-0.2, -0.15) is 74.6 Å². The van der Waals surface area contributed by atoms with Crippen molar-refractivity contribution in [2.24, 2.45) is 0 Å². The van der Waals surface area contributed by atoms with E-state index < -0.39 is 62.2 Å². The van der Waals surface area contributed by atoms with Crippen LogP contribution in [0.1, 0.15) is 6.92 Å². The van der Waals surface area contributed by atoms with E-state index in [1.165, 1.54) is 0 Å². The van der Waals surface area contributed by atoms with Crippen LogP contribution in [-0.2, 0) is 4.43 Å². The monoisotopic (exact) mass is 522 g/mol. The van der Waals surface area contributed by atoms with Crippen molar-refractivity contribution in [3.8, 4) is 0 Å². The highest BCUT2D eigenvalue weighted by Gasteiger charge is 2.95. The van der Waals surface area contributed by atoms with Crippen LogP contribution in [-0.4, -0.2) is 56.1 Å². The number of hydrogen-bond donors (Lipinski definition) is 0. The van der Waals surface area contributed by atoms with E-state index in [2.05, 4.69) is 4.43 Å². The van der Waals surface area contributed by atoms with Crippen LogP contribution >= 0.6 is 0 Å². The summed E-state index contributed by atoms with van der Waals surface area (Å²) < 4.78 is 225. The highest BCUT2D eigenvalue weighted by atomic mass is 28.4. The maximum Gasteiger partial charge on any atom is 0.460 e. The third kappa shape index (κ3) is 4.19. The Balaban J connectivity index is 6.70. The molecule has 0 saturated heterocycles. The summed E-state index contributed by atoms with van der Waals surface area (Å²) in [6.45, 7) is 2.21. The van der Waals surface area contributed by atoms with E-state index in [-0.39, 0.29) is 0 Å². The molecule has 0 fully saturated rings. The molecule has 0 heterocycles. The Morgan fingerprint density at radius 3 is 1.00 bits per heavy atom. The Morgan fingerprint density at radius 1 is 0.484 bits per heavy atom. The van der Waals surface area contributed by atoms with E-state index in [9.17, 15) is 74.6 Å². The fourth-order valence-electron chi connectivity index (χ4n) is 1.63. The van der Waals surface area contributed by atoms with Crippen molar-refractivity contribution in [1.29, 1.82) is 0 Å². The summed E-state index contributed by atoms with van der Waals surface area (Å²) in [5.41, 5.74) is 0. The number of rotatable bonds is 9. The van der Waals surface area contributed by atoms with Gasteiger partial charge in [-0.15, -0.1) is 0 Å². The maximum atomic E-state index is 13.5. The van der Waals surface area contributed by atoms with E-state index in [1.807, 2.05) is 0 Å². The van der Waals surface area contributed by atoms with Crippen LogP contribution in [0.5, 0.6) is 0 Å². The summed E-state index contributed by atoms with van der Waals surface area (Å²) in [7, 11) is -4.11. The van der Waals surface area contributed by atoms with Gasteiger partial charge in [0.05, 0.1) is 0 Å². The summed E-state index contributed by atoms with van der Waals surface area (Å²) in [4.78, 5) is 0. The fourth-order valence-corrected chi connectivity index (χ4v) is 2.60. The standard InChI is InChI=1S/C12H11F17OSi/c1-4-31(2,3)30-12(28,29)10(23,24)8(19,20)6(15,16)5(13,14)7(17,18)9(21,22)11(25,26)27/h4H2,1-3H3. The normalized spacial score (nSPS) is 16.6. The summed E-state index contributed by atoms with van der Waals surface area (Å²) in [6, 6.07) is -0.591. The van der Waals surface area contributed by atoms with Crippen LogP contribution in [0.4, 0.5) is 74.6 Å². The Kier molecular flexibility index (Phi) is 7.26. The van der Waals surface area contributed by atoms with Gasteiger partial charge >= 0.3 is 47.8 Å². The van der Waals surface area contributed by atoms with Crippen LogP contribution in [0.15, 0.2) is 0 Å². The third-order valence-corrected chi connectivity index (χ3v) is 6.46. The first-order valence-corrected chi connectivity index (χ1v) is 10.5. The number of halogens is 17. The topological polar surface area (TPSA) is 9.23 Å². The molecule has 1 nitrogen and oxygen atoms in total. The van der Waals surface area contributed by atoms with Crippen molar-refractivity contribution in [2.45, 2.75) is 73.9 Å². The van der Waals surface area contributed by atoms with E-state index in [0.717, 1.165) is 6.92 Å². The van der Waals surface area contributed by atoms with Crippen LogP contribution in [0.3, 0.4) is 0 Å². The molecule has 0 aliphatic rings. The first-order valence-electron chi connectivity index (χ1n) is 7.43. The molecule has 31 heavy (non-hydrogen) atoms. The average Bonchev–Trinajstić information content (AvgIpc) is 2.51. The van der Waals surface area contributed by atoms with Gasteiger partial charge in [-0.1, -0.05) is 6.92 Å². The van der Waals surface area contributed by atoms with Crippen molar-refractivity contribution in [1.82, 2.24) is 0 Å². The molecule has 0 spiro atoms. The second kappa shape index (κ2) is 7.51. The Morgan fingerprint density at radius 2 is 0.742 bits per heavy atom. The predicted molar refractivity (Wildman–Crippen MR) is 69.7 cm³/mol. The zero-order valence-electron chi connectivity index (χ0n) is 15.0. The minimum absolute atomic E-state index is 0.591. The van der Waals surface area contributed by atoms with Gasteiger partial charge in [-0.3, -0.25) is 0 Å². The van der Waals surface area contributed by atoms with E-state index in [4.69, 9.17) is 0 Å². The molecule has 0 bridgehead atoms. The lowest BCUT2D eigenvalue weighted by molar-refractivity contribution is -0.472. The molecule has 0 N–H and O–H groups in total. The molecule has 0 saturated carbocycles. The van der Waals surface area contributed by atoms with Crippen molar-refractivity contribution < 1.29 is 79.1 Å². The summed E-state index contributed by atoms with van der Waals surface area (Å²) in [5, 5.41) is 0. The highest BCUT2D eigenvalue weighted by molar-refractivity contribution is 6.71. The van der Waals surface area contributed by atoms with Gasteiger partial charge in [-0.25, -0.2) is 0 Å². The van der Waals surface area contributed by atoms with Crippen molar-refractivity contribution >= 4 is 8.32 Å². The first-order chi connectivity index (χ1) is 13.0. The van der Waals surface area contributed by atoms with Gasteiger partial charge in [0.15, 0.2) is 8.32 Å². The molecule has 0 aromatic carbocycles. The van der Waals surface area contributed by atoms with Crippen LogP contribution in [0.2, 0.25) is 19.1 Å².